The first kappa shape index (κ1) is 19.1. The molecule has 0 aliphatic heterocycles. The number of aromatic amines is 1. The van der Waals surface area contributed by atoms with E-state index in [2.05, 4.69) is 20.6 Å². The predicted octanol–water partition coefficient (Wildman–Crippen LogP) is 2.65. The van der Waals surface area contributed by atoms with Crippen LogP contribution in [-0.2, 0) is 4.79 Å². The van der Waals surface area contributed by atoms with Crippen molar-refractivity contribution in [2.45, 2.75) is 12.1 Å². The zero-order chi connectivity index (χ0) is 19.6. The average Bonchev–Trinajstić information content (AvgIpc) is 2.97. The molecule has 1 aromatic carbocycles. The van der Waals surface area contributed by atoms with Crippen LogP contribution in [0.3, 0.4) is 0 Å². The minimum Gasteiger partial charge on any atom is -0.341 e. The van der Waals surface area contributed by atoms with Crippen molar-refractivity contribution in [1.29, 1.82) is 0 Å². The number of halogens is 1. The molecular formula is C17H15FN4O3S2. The molecule has 3 rings (SSSR count). The molecule has 3 N–H and O–H groups in total. The van der Waals surface area contributed by atoms with Crippen LogP contribution in [0.2, 0.25) is 0 Å². The van der Waals surface area contributed by atoms with Crippen LogP contribution in [0.25, 0.3) is 21.3 Å². The fraction of sp³-hybridized carbons (Fsp3) is 0.176. The standard InChI is InChI=1S/C17H15FN4O3S2/c1-8-12(9-3-5-10(18)6-4-9)13-14(24)21-17(22-15(13)27-8)26-7-11(23)20-16(25)19-2/h3-6H,7H2,1-2H3,(H,21,22,24)(H2,19,20,23,25). The lowest BCUT2D eigenvalue weighted by Crippen LogP contribution is -2.38. The van der Waals surface area contributed by atoms with Gasteiger partial charge in [-0.15, -0.1) is 11.3 Å². The average molecular weight is 406 g/mol. The third-order valence-electron chi connectivity index (χ3n) is 3.67. The van der Waals surface area contributed by atoms with Crippen LogP contribution in [-0.4, -0.2) is 34.7 Å². The van der Waals surface area contributed by atoms with Gasteiger partial charge in [0, 0.05) is 17.5 Å². The van der Waals surface area contributed by atoms with Crippen molar-refractivity contribution in [3.63, 3.8) is 0 Å². The van der Waals surface area contributed by atoms with E-state index < -0.39 is 11.9 Å². The second kappa shape index (κ2) is 7.89. The number of amides is 3. The van der Waals surface area contributed by atoms with Crippen molar-refractivity contribution in [3.8, 4) is 11.1 Å². The van der Waals surface area contributed by atoms with E-state index in [4.69, 9.17) is 0 Å². The lowest BCUT2D eigenvalue weighted by atomic mass is 10.0. The Balaban J connectivity index is 1.90. The number of carbonyl (C=O) groups excluding carboxylic acids is 2. The van der Waals surface area contributed by atoms with Gasteiger partial charge in [0.25, 0.3) is 5.56 Å². The van der Waals surface area contributed by atoms with E-state index in [0.29, 0.717) is 10.2 Å². The maximum Gasteiger partial charge on any atom is 0.321 e. The molecule has 0 saturated carbocycles. The molecular weight excluding hydrogens is 391 g/mol. The third-order valence-corrected chi connectivity index (χ3v) is 5.54. The van der Waals surface area contributed by atoms with Crippen molar-refractivity contribution in [3.05, 3.63) is 45.3 Å². The van der Waals surface area contributed by atoms with E-state index in [1.165, 1.54) is 30.5 Å². The first-order valence-corrected chi connectivity index (χ1v) is 9.63. The molecule has 0 atom stereocenters. The molecule has 0 aliphatic carbocycles. The van der Waals surface area contributed by atoms with Gasteiger partial charge in [-0.05, 0) is 24.6 Å². The van der Waals surface area contributed by atoms with Crippen LogP contribution in [0.4, 0.5) is 9.18 Å². The predicted molar refractivity (Wildman–Crippen MR) is 104 cm³/mol. The number of aromatic nitrogens is 2. The number of aryl methyl sites for hydroxylation is 1. The van der Waals surface area contributed by atoms with Crippen molar-refractivity contribution in [2.75, 3.05) is 12.8 Å². The second-order valence-electron chi connectivity index (χ2n) is 5.51. The van der Waals surface area contributed by atoms with Gasteiger partial charge < -0.3 is 10.3 Å². The van der Waals surface area contributed by atoms with Gasteiger partial charge in [-0.3, -0.25) is 14.9 Å². The van der Waals surface area contributed by atoms with Gasteiger partial charge in [0.05, 0.1) is 11.1 Å². The SMILES string of the molecule is CNC(=O)NC(=O)CSc1nc2sc(C)c(-c3ccc(F)cc3)c2c(=O)[nH]1. The zero-order valence-corrected chi connectivity index (χ0v) is 16.0. The van der Waals surface area contributed by atoms with Gasteiger partial charge in [-0.2, -0.15) is 0 Å². The molecule has 3 aromatic rings. The Hall–Kier alpha value is -2.72. The number of nitrogens with one attached hydrogen (secondary N) is 3. The highest BCUT2D eigenvalue weighted by Crippen LogP contribution is 2.36. The summed E-state index contributed by atoms with van der Waals surface area (Å²) < 4.78 is 13.2. The molecule has 0 radical (unpaired) electrons. The van der Waals surface area contributed by atoms with Gasteiger partial charge in [0.15, 0.2) is 5.16 Å². The highest BCUT2D eigenvalue weighted by atomic mass is 32.2. The summed E-state index contributed by atoms with van der Waals surface area (Å²) in [6.45, 7) is 1.87. The Morgan fingerprint density at radius 2 is 2.00 bits per heavy atom. The summed E-state index contributed by atoms with van der Waals surface area (Å²) in [5.41, 5.74) is 1.12. The number of fused-ring (bicyclic) bond motifs is 1. The lowest BCUT2D eigenvalue weighted by Gasteiger charge is -2.04. The van der Waals surface area contributed by atoms with Crippen LogP contribution in [0.1, 0.15) is 4.88 Å². The minimum absolute atomic E-state index is 0.0724. The molecule has 0 unspecified atom stereocenters. The van der Waals surface area contributed by atoms with E-state index in [0.717, 1.165) is 27.8 Å². The fourth-order valence-corrected chi connectivity index (χ4v) is 4.26. The van der Waals surface area contributed by atoms with Crippen molar-refractivity contribution < 1.29 is 14.0 Å². The summed E-state index contributed by atoms with van der Waals surface area (Å²) in [4.78, 5) is 43.9. The maximum absolute atomic E-state index is 13.2. The molecule has 0 saturated heterocycles. The largest absolute Gasteiger partial charge is 0.341 e. The summed E-state index contributed by atoms with van der Waals surface area (Å²) in [7, 11) is 1.40. The topological polar surface area (TPSA) is 104 Å². The Labute approximate surface area is 161 Å². The fourth-order valence-electron chi connectivity index (χ4n) is 2.49. The molecule has 0 spiro atoms. The molecule has 2 aromatic heterocycles. The monoisotopic (exact) mass is 406 g/mol. The number of imide groups is 1. The Kier molecular flexibility index (Phi) is 5.57. The lowest BCUT2D eigenvalue weighted by molar-refractivity contribution is -0.117. The highest BCUT2D eigenvalue weighted by molar-refractivity contribution is 7.99. The van der Waals surface area contributed by atoms with Gasteiger partial charge >= 0.3 is 6.03 Å². The van der Waals surface area contributed by atoms with Crippen LogP contribution in [0, 0.1) is 12.7 Å². The maximum atomic E-state index is 13.2. The molecule has 0 bridgehead atoms. The van der Waals surface area contributed by atoms with Crippen molar-refractivity contribution in [2.24, 2.45) is 0 Å². The van der Waals surface area contributed by atoms with Gasteiger partial charge in [0.2, 0.25) is 5.91 Å². The quantitative estimate of drug-likeness (QED) is 0.456. The number of hydrogen-bond donors (Lipinski definition) is 3. The Morgan fingerprint density at radius 1 is 1.30 bits per heavy atom. The van der Waals surface area contributed by atoms with Crippen molar-refractivity contribution >= 4 is 45.3 Å². The van der Waals surface area contributed by atoms with Crippen LogP contribution >= 0.6 is 23.1 Å². The molecule has 10 heteroatoms. The van der Waals surface area contributed by atoms with E-state index in [-0.39, 0.29) is 22.3 Å². The summed E-state index contributed by atoms with van der Waals surface area (Å²) in [5, 5.41) is 5.13. The molecule has 0 aliphatic rings. The van der Waals surface area contributed by atoms with E-state index >= 15 is 0 Å². The highest BCUT2D eigenvalue weighted by Gasteiger charge is 2.17. The van der Waals surface area contributed by atoms with E-state index in [1.54, 1.807) is 12.1 Å². The number of rotatable bonds is 4. The number of hydrogen-bond acceptors (Lipinski definition) is 6. The normalized spacial score (nSPS) is 10.8. The number of carbonyl (C=O) groups is 2. The number of thioether (sulfide) groups is 1. The van der Waals surface area contributed by atoms with E-state index in [9.17, 15) is 18.8 Å². The Morgan fingerprint density at radius 3 is 2.67 bits per heavy atom. The number of thiophene rings is 1. The number of H-pyrrole nitrogens is 1. The molecule has 3 amide bonds. The molecule has 0 fully saturated rings. The number of benzene rings is 1. The first-order valence-electron chi connectivity index (χ1n) is 7.82. The third kappa shape index (κ3) is 4.17. The Bertz CT molecular complexity index is 1080. The molecule has 7 nitrogen and oxygen atoms in total. The molecule has 27 heavy (non-hydrogen) atoms. The van der Waals surface area contributed by atoms with Crippen LogP contribution in [0.5, 0.6) is 0 Å². The second-order valence-corrected chi connectivity index (χ2v) is 7.67. The van der Waals surface area contributed by atoms with E-state index in [1.807, 2.05) is 6.92 Å². The summed E-state index contributed by atoms with van der Waals surface area (Å²) in [6.07, 6.45) is 0. The minimum atomic E-state index is -0.602. The first-order chi connectivity index (χ1) is 12.9. The summed E-state index contributed by atoms with van der Waals surface area (Å²) in [5.74, 6) is -0.926. The smallest absolute Gasteiger partial charge is 0.321 e. The number of nitrogens with zero attached hydrogens (tertiary/aromatic N) is 1. The number of urea groups is 1. The van der Waals surface area contributed by atoms with Crippen LogP contribution < -0.4 is 16.2 Å². The van der Waals surface area contributed by atoms with Gasteiger partial charge in [-0.25, -0.2) is 14.2 Å². The summed E-state index contributed by atoms with van der Waals surface area (Å²) in [6, 6.07) is 5.32. The van der Waals surface area contributed by atoms with Crippen molar-refractivity contribution in [1.82, 2.24) is 20.6 Å². The van der Waals surface area contributed by atoms with Gasteiger partial charge in [0.1, 0.15) is 10.6 Å². The van der Waals surface area contributed by atoms with Crippen LogP contribution in [0.15, 0.2) is 34.2 Å². The van der Waals surface area contributed by atoms with Gasteiger partial charge in [-0.1, -0.05) is 23.9 Å². The zero-order valence-electron chi connectivity index (χ0n) is 14.4. The molecule has 2 heterocycles. The molecule has 140 valence electrons. The summed E-state index contributed by atoms with van der Waals surface area (Å²) >= 11 is 2.37.